The second-order valence-corrected chi connectivity index (χ2v) is 8.34. The summed E-state index contributed by atoms with van der Waals surface area (Å²) in [5.41, 5.74) is 0.801. The number of aromatic nitrogens is 1. The summed E-state index contributed by atoms with van der Waals surface area (Å²) in [6, 6.07) is 8.19. The fourth-order valence-corrected chi connectivity index (χ4v) is 4.60. The van der Waals surface area contributed by atoms with Crippen molar-refractivity contribution < 1.29 is 27.9 Å². The Morgan fingerprint density at radius 2 is 1.76 bits per heavy atom. The fraction of sp³-hybridized carbons (Fsp3) is 0.474. The molecule has 0 radical (unpaired) electrons. The van der Waals surface area contributed by atoms with Crippen LogP contribution in [0.15, 0.2) is 35.8 Å². The molecule has 2 saturated heterocycles. The van der Waals surface area contributed by atoms with E-state index in [4.69, 9.17) is 9.90 Å². The third kappa shape index (κ3) is 5.18. The van der Waals surface area contributed by atoms with Gasteiger partial charge >= 0.3 is 12.1 Å². The maximum atomic E-state index is 12.6. The molecule has 6 nitrogen and oxygen atoms in total. The van der Waals surface area contributed by atoms with E-state index in [2.05, 4.69) is 22.4 Å². The van der Waals surface area contributed by atoms with E-state index >= 15 is 0 Å². The lowest BCUT2D eigenvalue weighted by molar-refractivity contribution is -0.192. The van der Waals surface area contributed by atoms with Crippen LogP contribution < -0.4 is 0 Å². The van der Waals surface area contributed by atoms with Gasteiger partial charge in [0.25, 0.3) is 5.91 Å². The van der Waals surface area contributed by atoms with E-state index in [0.29, 0.717) is 11.8 Å². The van der Waals surface area contributed by atoms with E-state index < -0.39 is 12.1 Å². The maximum Gasteiger partial charge on any atom is 0.490 e. The summed E-state index contributed by atoms with van der Waals surface area (Å²) in [5.74, 6) is -1.28. The number of carboxylic acids is 1. The topological polar surface area (TPSA) is 65.8 Å². The number of likely N-dealkylation sites (tertiary alicyclic amines) is 2. The molecule has 0 bridgehead atoms. The summed E-state index contributed by atoms with van der Waals surface area (Å²) in [6.45, 7) is 5.14. The molecule has 0 unspecified atom stereocenters. The van der Waals surface area contributed by atoms with Gasteiger partial charge in [-0.25, -0.2) is 4.79 Å². The molecule has 4 rings (SSSR count). The minimum Gasteiger partial charge on any atom is -0.475 e. The van der Waals surface area contributed by atoms with Crippen LogP contribution in [0.25, 0.3) is 0 Å². The largest absolute Gasteiger partial charge is 0.490 e. The Kier molecular flexibility index (Phi) is 6.33. The summed E-state index contributed by atoms with van der Waals surface area (Å²) in [7, 11) is 1.94. The summed E-state index contributed by atoms with van der Waals surface area (Å²) in [5, 5.41) is 9.27. The number of rotatable bonds is 3. The molecule has 0 spiro atoms. The normalized spacial score (nSPS) is 21.6. The van der Waals surface area contributed by atoms with E-state index in [9.17, 15) is 18.0 Å². The lowest BCUT2D eigenvalue weighted by Gasteiger charge is -2.21. The molecule has 4 heterocycles. The smallest absolute Gasteiger partial charge is 0.475 e. The van der Waals surface area contributed by atoms with Crippen LogP contribution in [0.3, 0.4) is 0 Å². The molecule has 2 aromatic heterocycles. The van der Waals surface area contributed by atoms with E-state index in [1.165, 1.54) is 4.88 Å². The maximum absolute atomic E-state index is 12.6. The van der Waals surface area contributed by atoms with Crippen LogP contribution in [-0.4, -0.2) is 63.7 Å². The van der Waals surface area contributed by atoms with Crippen molar-refractivity contribution in [2.75, 3.05) is 26.2 Å². The van der Waals surface area contributed by atoms with Crippen molar-refractivity contribution in [3.63, 3.8) is 0 Å². The van der Waals surface area contributed by atoms with Crippen LogP contribution in [0.5, 0.6) is 0 Å². The van der Waals surface area contributed by atoms with E-state index in [0.717, 1.165) is 38.4 Å². The lowest BCUT2D eigenvalue weighted by Crippen LogP contribution is -2.33. The molecule has 1 N–H and O–H groups in total. The Balaban J connectivity index is 0.000000298. The first-order chi connectivity index (χ1) is 13.6. The molecule has 158 valence electrons. The van der Waals surface area contributed by atoms with Crippen molar-refractivity contribution in [2.45, 2.75) is 12.7 Å². The van der Waals surface area contributed by atoms with Gasteiger partial charge in [-0.1, -0.05) is 6.07 Å². The summed E-state index contributed by atoms with van der Waals surface area (Å²) < 4.78 is 33.7. The number of amides is 1. The van der Waals surface area contributed by atoms with Crippen LogP contribution in [0.1, 0.15) is 15.4 Å². The first-order valence-electron chi connectivity index (χ1n) is 9.10. The van der Waals surface area contributed by atoms with Crippen molar-refractivity contribution in [1.82, 2.24) is 14.4 Å². The van der Waals surface area contributed by atoms with E-state index in [1.54, 1.807) is 0 Å². The molecular formula is C19H22F3N3O3S. The van der Waals surface area contributed by atoms with Gasteiger partial charge < -0.3 is 14.6 Å². The zero-order valence-electron chi connectivity index (χ0n) is 15.8. The van der Waals surface area contributed by atoms with Gasteiger partial charge in [0.2, 0.25) is 0 Å². The number of alkyl halides is 3. The minimum atomic E-state index is -5.08. The first kappa shape index (κ1) is 21.4. The Labute approximate surface area is 170 Å². The fourth-order valence-electron chi connectivity index (χ4n) is 3.85. The molecule has 2 aromatic rings. The summed E-state index contributed by atoms with van der Waals surface area (Å²) in [6.07, 6.45) is -3.15. The van der Waals surface area contributed by atoms with Gasteiger partial charge in [0, 0.05) is 50.8 Å². The van der Waals surface area contributed by atoms with E-state index in [-0.39, 0.29) is 5.91 Å². The second-order valence-electron chi connectivity index (χ2n) is 7.31. The van der Waals surface area contributed by atoms with Gasteiger partial charge in [0.05, 0.1) is 0 Å². The molecule has 2 fully saturated rings. The third-order valence-corrected chi connectivity index (χ3v) is 6.08. The molecular weight excluding hydrogens is 407 g/mol. The number of carboxylic acid groups (broad SMARTS) is 1. The predicted octanol–water partition coefficient (Wildman–Crippen LogP) is 2.92. The van der Waals surface area contributed by atoms with Gasteiger partial charge in [-0.2, -0.15) is 13.2 Å². The second kappa shape index (κ2) is 8.58. The van der Waals surface area contributed by atoms with Gasteiger partial charge in [-0.3, -0.25) is 9.69 Å². The highest BCUT2D eigenvalue weighted by molar-refractivity contribution is 7.09. The standard InChI is InChI=1S/C17H21N3OS.C2HF3O2/c1-18-6-2-5-16(18)17(21)20-10-13-8-19(9-14(13)11-20)12-15-4-3-7-22-15;3-2(4,5)1(6)7/h2-7,13-14H,8-12H2,1H3;(H,6,7)/t13-,14+;. The van der Waals surface area contributed by atoms with Gasteiger partial charge in [0.1, 0.15) is 5.69 Å². The predicted molar refractivity (Wildman–Crippen MR) is 102 cm³/mol. The van der Waals surface area contributed by atoms with E-state index in [1.807, 2.05) is 46.2 Å². The monoisotopic (exact) mass is 429 g/mol. The molecule has 2 atom stereocenters. The van der Waals surface area contributed by atoms with Crippen LogP contribution in [0.2, 0.25) is 0 Å². The number of hydrogen-bond acceptors (Lipinski definition) is 4. The summed E-state index contributed by atoms with van der Waals surface area (Å²) >= 11 is 1.83. The third-order valence-electron chi connectivity index (χ3n) is 5.21. The highest BCUT2D eigenvalue weighted by atomic mass is 32.1. The molecule has 0 aliphatic carbocycles. The van der Waals surface area contributed by atoms with Crippen molar-refractivity contribution in [3.05, 3.63) is 46.4 Å². The van der Waals surface area contributed by atoms with Crippen LogP contribution >= 0.6 is 11.3 Å². The number of fused-ring (bicyclic) bond motifs is 1. The average molecular weight is 429 g/mol. The minimum absolute atomic E-state index is 0.187. The zero-order chi connectivity index (χ0) is 21.2. The molecule has 29 heavy (non-hydrogen) atoms. The van der Waals surface area contributed by atoms with Crippen molar-refractivity contribution >= 4 is 23.2 Å². The molecule has 0 saturated carbocycles. The average Bonchev–Trinajstić information content (AvgIpc) is 3.38. The number of nitrogens with zero attached hydrogens (tertiary/aromatic N) is 3. The molecule has 2 aliphatic heterocycles. The quantitative estimate of drug-likeness (QED) is 0.815. The Morgan fingerprint density at radius 1 is 1.14 bits per heavy atom. The number of aliphatic carboxylic acids is 1. The van der Waals surface area contributed by atoms with Crippen LogP contribution in [0.4, 0.5) is 13.2 Å². The highest BCUT2D eigenvalue weighted by Gasteiger charge is 2.42. The van der Waals surface area contributed by atoms with Crippen LogP contribution in [-0.2, 0) is 18.4 Å². The first-order valence-corrected chi connectivity index (χ1v) is 9.98. The van der Waals surface area contributed by atoms with Crippen LogP contribution in [0, 0.1) is 11.8 Å². The molecule has 10 heteroatoms. The zero-order valence-corrected chi connectivity index (χ0v) is 16.6. The number of carbonyl (C=O) groups excluding carboxylic acids is 1. The Hall–Kier alpha value is -2.33. The van der Waals surface area contributed by atoms with Gasteiger partial charge in [0.15, 0.2) is 0 Å². The molecule has 2 aliphatic rings. The Morgan fingerprint density at radius 3 is 2.21 bits per heavy atom. The molecule has 1 amide bonds. The van der Waals surface area contributed by atoms with Gasteiger partial charge in [-0.05, 0) is 35.4 Å². The number of hydrogen-bond donors (Lipinski definition) is 1. The lowest BCUT2D eigenvalue weighted by atomic mass is 10.0. The molecule has 0 aromatic carbocycles. The number of carbonyl (C=O) groups is 2. The SMILES string of the molecule is Cn1cccc1C(=O)N1C[C@H]2CN(Cc3cccs3)C[C@H]2C1.O=C(O)C(F)(F)F. The highest BCUT2D eigenvalue weighted by Crippen LogP contribution is 2.33. The van der Waals surface area contributed by atoms with Crippen molar-refractivity contribution in [3.8, 4) is 0 Å². The number of aryl methyl sites for hydroxylation is 1. The van der Waals surface area contributed by atoms with Crippen molar-refractivity contribution in [1.29, 1.82) is 0 Å². The Bertz CT molecular complexity index is 837. The number of halogens is 3. The number of thiophene rings is 1. The van der Waals surface area contributed by atoms with Crippen molar-refractivity contribution in [2.24, 2.45) is 18.9 Å². The van der Waals surface area contributed by atoms with Gasteiger partial charge in [-0.15, -0.1) is 11.3 Å². The summed E-state index contributed by atoms with van der Waals surface area (Å²) in [4.78, 5) is 27.5.